The van der Waals surface area contributed by atoms with E-state index in [1.807, 2.05) is 61.7 Å². The molecular formula is C23H23ClN2O2. The maximum atomic E-state index is 9.83. The van der Waals surface area contributed by atoms with Gasteiger partial charge in [-0.2, -0.15) is 0 Å². The van der Waals surface area contributed by atoms with Crippen LogP contribution in [-0.4, -0.2) is 29.3 Å². The van der Waals surface area contributed by atoms with Gasteiger partial charge in [0, 0.05) is 47.1 Å². The van der Waals surface area contributed by atoms with Crippen molar-refractivity contribution in [1.82, 2.24) is 4.98 Å². The number of benzene rings is 2. The second-order valence-corrected chi connectivity index (χ2v) is 7.54. The van der Waals surface area contributed by atoms with Crippen LogP contribution in [0, 0.1) is 6.92 Å². The van der Waals surface area contributed by atoms with Crippen LogP contribution < -0.4 is 9.64 Å². The fourth-order valence-electron chi connectivity index (χ4n) is 3.59. The van der Waals surface area contributed by atoms with Crippen LogP contribution in [-0.2, 0) is 6.61 Å². The highest BCUT2D eigenvalue weighted by atomic mass is 35.5. The average Bonchev–Trinajstić information content (AvgIpc) is 3.18. The normalized spacial score (nSPS) is 16.4. The molecule has 0 spiro atoms. The van der Waals surface area contributed by atoms with Crippen molar-refractivity contribution in [2.24, 2.45) is 0 Å². The Morgan fingerprint density at radius 1 is 1.18 bits per heavy atom. The van der Waals surface area contributed by atoms with Crippen LogP contribution in [0.15, 0.2) is 60.8 Å². The Morgan fingerprint density at radius 2 is 2.04 bits per heavy atom. The van der Waals surface area contributed by atoms with Crippen molar-refractivity contribution in [3.8, 4) is 17.0 Å². The molecule has 0 unspecified atom stereocenters. The molecule has 1 saturated heterocycles. The lowest BCUT2D eigenvalue weighted by atomic mass is 10.0. The fraction of sp³-hybridized carbons (Fsp3) is 0.261. The van der Waals surface area contributed by atoms with Crippen molar-refractivity contribution in [3.63, 3.8) is 0 Å². The number of ether oxygens (including phenoxy) is 1. The number of aliphatic hydroxyl groups excluding tert-OH is 1. The molecule has 5 heteroatoms. The average molecular weight is 395 g/mol. The number of aliphatic hydroxyl groups is 1. The maximum Gasteiger partial charge on any atom is 0.213 e. The zero-order chi connectivity index (χ0) is 19.5. The summed E-state index contributed by atoms with van der Waals surface area (Å²) in [6.07, 6.45) is 2.81. The zero-order valence-electron chi connectivity index (χ0n) is 15.8. The first kappa shape index (κ1) is 18.8. The van der Waals surface area contributed by atoms with Gasteiger partial charge < -0.3 is 14.7 Å². The van der Waals surface area contributed by atoms with Gasteiger partial charge in [-0.25, -0.2) is 4.98 Å². The smallest absolute Gasteiger partial charge is 0.213 e. The molecule has 1 fully saturated rings. The predicted octanol–water partition coefficient (Wildman–Crippen LogP) is 4.86. The van der Waals surface area contributed by atoms with Crippen molar-refractivity contribution in [3.05, 3.63) is 76.9 Å². The fourth-order valence-corrected chi connectivity index (χ4v) is 3.84. The van der Waals surface area contributed by atoms with E-state index in [9.17, 15) is 5.11 Å². The Hall–Kier alpha value is -2.56. The summed E-state index contributed by atoms with van der Waals surface area (Å²) >= 11 is 6.38. The van der Waals surface area contributed by atoms with E-state index in [2.05, 4.69) is 16.0 Å². The third kappa shape index (κ3) is 3.98. The van der Waals surface area contributed by atoms with Gasteiger partial charge in [0.15, 0.2) is 0 Å². The van der Waals surface area contributed by atoms with Gasteiger partial charge in [-0.1, -0.05) is 48.0 Å². The summed E-state index contributed by atoms with van der Waals surface area (Å²) in [6.45, 7) is 3.64. The van der Waals surface area contributed by atoms with Crippen molar-refractivity contribution in [1.29, 1.82) is 0 Å². The van der Waals surface area contributed by atoms with E-state index in [0.29, 0.717) is 5.88 Å². The first-order valence-electron chi connectivity index (χ1n) is 9.47. The number of pyridine rings is 1. The SMILES string of the molecule is Cc1ccc(O[C@H]2CCN(c3cc(-c4ccccc4Cl)ccc3CO)C2)nc1. The van der Waals surface area contributed by atoms with Crippen LogP contribution in [0.1, 0.15) is 17.5 Å². The van der Waals surface area contributed by atoms with Gasteiger partial charge in [-0.3, -0.25) is 0 Å². The Labute approximate surface area is 170 Å². The number of hydrogen-bond acceptors (Lipinski definition) is 4. The van der Waals surface area contributed by atoms with E-state index in [1.165, 1.54) is 0 Å². The molecule has 2 aromatic carbocycles. The topological polar surface area (TPSA) is 45.6 Å². The molecule has 0 saturated carbocycles. The van der Waals surface area contributed by atoms with Crippen LogP contribution in [0.2, 0.25) is 5.02 Å². The van der Waals surface area contributed by atoms with E-state index >= 15 is 0 Å². The molecule has 1 aromatic heterocycles. The van der Waals surface area contributed by atoms with Gasteiger partial charge in [0.1, 0.15) is 6.10 Å². The van der Waals surface area contributed by atoms with E-state index in [0.717, 1.165) is 52.5 Å². The molecular weight excluding hydrogens is 372 g/mol. The summed E-state index contributed by atoms with van der Waals surface area (Å²) in [6, 6.07) is 17.8. The van der Waals surface area contributed by atoms with Gasteiger partial charge in [-0.15, -0.1) is 0 Å². The highest BCUT2D eigenvalue weighted by molar-refractivity contribution is 6.33. The van der Waals surface area contributed by atoms with Crippen molar-refractivity contribution < 1.29 is 9.84 Å². The third-order valence-electron chi connectivity index (χ3n) is 5.10. The standard InChI is InChI=1S/C23H23ClN2O2/c1-16-6-9-23(25-13-16)28-19-10-11-26(14-19)22-12-17(7-8-18(22)15-27)20-4-2-3-5-21(20)24/h2-9,12-13,19,27H,10-11,14-15H2,1H3/t19-/m0/s1. The number of nitrogens with zero attached hydrogens (tertiary/aromatic N) is 2. The summed E-state index contributed by atoms with van der Waals surface area (Å²) in [5.41, 5.74) is 5.09. The van der Waals surface area contributed by atoms with Crippen LogP contribution in [0.3, 0.4) is 0 Å². The Morgan fingerprint density at radius 3 is 2.79 bits per heavy atom. The molecule has 4 nitrogen and oxygen atoms in total. The van der Waals surface area contributed by atoms with Crippen LogP contribution >= 0.6 is 11.6 Å². The monoisotopic (exact) mass is 394 g/mol. The number of rotatable bonds is 5. The minimum Gasteiger partial charge on any atom is -0.472 e. The van der Waals surface area contributed by atoms with Gasteiger partial charge in [0.2, 0.25) is 5.88 Å². The Kier molecular flexibility index (Phi) is 5.51. The lowest BCUT2D eigenvalue weighted by molar-refractivity contribution is 0.215. The van der Waals surface area contributed by atoms with Gasteiger partial charge in [-0.05, 0) is 30.2 Å². The molecule has 2 heterocycles. The van der Waals surface area contributed by atoms with E-state index in [-0.39, 0.29) is 12.7 Å². The Balaban J connectivity index is 1.56. The molecule has 0 radical (unpaired) electrons. The molecule has 1 aliphatic rings. The lowest BCUT2D eigenvalue weighted by Gasteiger charge is -2.23. The minimum absolute atomic E-state index is 0.000321. The Bertz CT molecular complexity index is 959. The molecule has 1 N–H and O–H groups in total. The molecule has 3 aromatic rings. The third-order valence-corrected chi connectivity index (χ3v) is 5.43. The minimum atomic E-state index is -0.000321. The molecule has 1 atom stereocenters. The first-order valence-corrected chi connectivity index (χ1v) is 9.85. The lowest BCUT2D eigenvalue weighted by Crippen LogP contribution is -2.25. The molecule has 28 heavy (non-hydrogen) atoms. The van der Waals surface area contributed by atoms with Crippen molar-refractivity contribution in [2.45, 2.75) is 26.1 Å². The van der Waals surface area contributed by atoms with Crippen LogP contribution in [0.4, 0.5) is 5.69 Å². The summed E-state index contributed by atoms with van der Waals surface area (Å²) in [5.74, 6) is 0.657. The molecule has 0 aliphatic carbocycles. The zero-order valence-corrected chi connectivity index (χ0v) is 16.6. The molecule has 0 amide bonds. The molecule has 4 rings (SSSR count). The molecule has 144 valence electrons. The summed E-state index contributed by atoms with van der Waals surface area (Å²) in [5, 5.41) is 10.5. The van der Waals surface area contributed by atoms with Gasteiger partial charge >= 0.3 is 0 Å². The predicted molar refractivity (Wildman–Crippen MR) is 113 cm³/mol. The number of aryl methyl sites for hydroxylation is 1. The van der Waals surface area contributed by atoms with Crippen LogP contribution in [0.25, 0.3) is 11.1 Å². The number of anilines is 1. The molecule has 1 aliphatic heterocycles. The van der Waals surface area contributed by atoms with Crippen molar-refractivity contribution >= 4 is 17.3 Å². The van der Waals surface area contributed by atoms with E-state index in [1.54, 1.807) is 0 Å². The van der Waals surface area contributed by atoms with Crippen molar-refractivity contribution in [2.75, 3.05) is 18.0 Å². The van der Waals surface area contributed by atoms with Gasteiger partial charge in [0.25, 0.3) is 0 Å². The highest BCUT2D eigenvalue weighted by Gasteiger charge is 2.26. The summed E-state index contributed by atoms with van der Waals surface area (Å²) in [7, 11) is 0. The van der Waals surface area contributed by atoms with E-state index < -0.39 is 0 Å². The quantitative estimate of drug-likeness (QED) is 0.671. The number of aromatic nitrogens is 1. The van der Waals surface area contributed by atoms with E-state index in [4.69, 9.17) is 16.3 Å². The summed E-state index contributed by atoms with van der Waals surface area (Å²) < 4.78 is 6.05. The van der Waals surface area contributed by atoms with Crippen LogP contribution in [0.5, 0.6) is 5.88 Å². The summed E-state index contributed by atoms with van der Waals surface area (Å²) in [4.78, 5) is 6.61. The highest BCUT2D eigenvalue weighted by Crippen LogP contribution is 2.34. The first-order chi connectivity index (χ1) is 13.6. The second kappa shape index (κ2) is 8.21. The maximum absolute atomic E-state index is 9.83. The number of hydrogen-bond donors (Lipinski definition) is 1. The second-order valence-electron chi connectivity index (χ2n) is 7.13. The van der Waals surface area contributed by atoms with Gasteiger partial charge in [0.05, 0.1) is 13.2 Å². The molecule has 0 bridgehead atoms. The largest absolute Gasteiger partial charge is 0.472 e. The number of halogens is 1.